The van der Waals surface area contributed by atoms with Crippen molar-refractivity contribution in [2.45, 2.75) is 20.3 Å². The van der Waals surface area contributed by atoms with E-state index in [2.05, 4.69) is 0 Å². The molecule has 0 atom stereocenters. The van der Waals surface area contributed by atoms with Gasteiger partial charge in [0, 0.05) is 6.42 Å². The second-order valence-electron chi connectivity index (χ2n) is 2.25. The van der Waals surface area contributed by atoms with Crippen molar-refractivity contribution in [2.75, 3.05) is 0 Å². The van der Waals surface area contributed by atoms with E-state index in [1.165, 1.54) is 6.41 Å². The van der Waals surface area contributed by atoms with Crippen LogP contribution in [-0.4, -0.2) is 12.3 Å². The van der Waals surface area contributed by atoms with E-state index in [-0.39, 0.29) is 5.91 Å². The third-order valence-corrected chi connectivity index (χ3v) is 0.784. The first-order valence-electron chi connectivity index (χ1n) is 2.82. The Labute approximate surface area is 54.4 Å². The third-order valence-electron chi connectivity index (χ3n) is 0.784. The fourth-order valence-corrected chi connectivity index (χ4v) is 0.479. The van der Waals surface area contributed by atoms with Crippen LogP contribution < -0.4 is 5.32 Å². The molecule has 0 aliphatic carbocycles. The zero-order chi connectivity index (χ0) is 7.28. The maximum Gasteiger partial charge on any atom is 0.316 e. The zero-order valence-electron chi connectivity index (χ0n) is 5.60. The van der Waals surface area contributed by atoms with E-state index in [4.69, 9.17) is 0 Å². The normalized spacial score (nSPS) is 9.22. The lowest BCUT2D eigenvalue weighted by Gasteiger charge is -1.99. The summed E-state index contributed by atoms with van der Waals surface area (Å²) in [7, 11) is 0. The summed E-state index contributed by atoms with van der Waals surface area (Å²) in [5.41, 5.74) is 0. The standard InChI is InChI=1S/C6H10NO2/c1-5(2)3-6(9)7-4-8/h5H,3H2,1-2H3,(H,7,8,9). The van der Waals surface area contributed by atoms with Gasteiger partial charge in [-0.2, -0.15) is 0 Å². The molecular formula is C6H10NO2. The molecule has 0 aromatic rings. The van der Waals surface area contributed by atoms with Crippen LogP contribution in [0.4, 0.5) is 0 Å². The van der Waals surface area contributed by atoms with Gasteiger partial charge < -0.3 is 0 Å². The van der Waals surface area contributed by atoms with Crippen LogP contribution in [0.2, 0.25) is 0 Å². The van der Waals surface area contributed by atoms with E-state index in [9.17, 15) is 9.59 Å². The van der Waals surface area contributed by atoms with E-state index in [0.29, 0.717) is 12.3 Å². The molecule has 0 spiro atoms. The third kappa shape index (κ3) is 5.00. The van der Waals surface area contributed by atoms with E-state index < -0.39 is 0 Å². The number of amides is 2. The lowest BCUT2D eigenvalue weighted by molar-refractivity contribution is -0.120. The molecule has 2 amide bonds. The minimum absolute atomic E-state index is 0.264. The number of hydrogen-bond acceptors (Lipinski definition) is 2. The van der Waals surface area contributed by atoms with Crippen molar-refractivity contribution in [1.82, 2.24) is 5.32 Å². The smallest absolute Gasteiger partial charge is 0.288 e. The van der Waals surface area contributed by atoms with Gasteiger partial charge in [-0.15, -0.1) is 0 Å². The molecule has 9 heavy (non-hydrogen) atoms. The van der Waals surface area contributed by atoms with Gasteiger partial charge >= 0.3 is 6.41 Å². The number of nitrogens with one attached hydrogen (secondary N) is 1. The van der Waals surface area contributed by atoms with Crippen molar-refractivity contribution in [2.24, 2.45) is 5.92 Å². The molecule has 1 N–H and O–H groups in total. The second-order valence-corrected chi connectivity index (χ2v) is 2.25. The van der Waals surface area contributed by atoms with Gasteiger partial charge in [0.25, 0.3) is 0 Å². The van der Waals surface area contributed by atoms with Crippen molar-refractivity contribution in [3.05, 3.63) is 0 Å². The van der Waals surface area contributed by atoms with Crippen molar-refractivity contribution in [3.8, 4) is 0 Å². The topological polar surface area (TPSA) is 46.2 Å². The Balaban J connectivity index is 3.38. The number of hydrogen-bond donors (Lipinski definition) is 1. The summed E-state index contributed by atoms with van der Waals surface area (Å²) in [5, 5.41) is 1.93. The van der Waals surface area contributed by atoms with Gasteiger partial charge in [-0.1, -0.05) is 13.8 Å². The Hall–Kier alpha value is -0.860. The van der Waals surface area contributed by atoms with Crippen molar-refractivity contribution in [3.63, 3.8) is 0 Å². The zero-order valence-corrected chi connectivity index (χ0v) is 5.60. The molecule has 0 aliphatic rings. The molecule has 51 valence electrons. The predicted molar refractivity (Wildman–Crippen MR) is 33.3 cm³/mol. The van der Waals surface area contributed by atoms with Crippen molar-refractivity contribution < 1.29 is 9.59 Å². The minimum atomic E-state index is -0.264. The van der Waals surface area contributed by atoms with Crippen LogP contribution in [-0.2, 0) is 9.59 Å². The number of carbonyl (C=O) groups excluding carboxylic acids is 2. The highest BCUT2D eigenvalue weighted by Gasteiger charge is 2.01. The van der Waals surface area contributed by atoms with Crippen LogP contribution >= 0.6 is 0 Å². The molecule has 0 fully saturated rings. The Kier molecular flexibility index (Phi) is 3.67. The monoisotopic (exact) mass is 128 g/mol. The second kappa shape index (κ2) is 4.06. The van der Waals surface area contributed by atoms with Gasteiger partial charge in [0.2, 0.25) is 5.91 Å². The van der Waals surface area contributed by atoms with Gasteiger partial charge in [-0.3, -0.25) is 14.9 Å². The van der Waals surface area contributed by atoms with E-state index in [1.54, 1.807) is 0 Å². The molecule has 0 aliphatic heterocycles. The van der Waals surface area contributed by atoms with Crippen LogP contribution in [0.25, 0.3) is 0 Å². The predicted octanol–water partition coefficient (Wildman–Crippen LogP) is 0.216. The van der Waals surface area contributed by atoms with Gasteiger partial charge in [0.1, 0.15) is 0 Å². The molecule has 0 saturated carbocycles. The van der Waals surface area contributed by atoms with E-state index >= 15 is 0 Å². The Bertz CT molecular complexity index is 110. The summed E-state index contributed by atoms with van der Waals surface area (Å²) in [5.74, 6) is 0.0263. The summed E-state index contributed by atoms with van der Waals surface area (Å²) in [4.78, 5) is 20.0. The van der Waals surface area contributed by atoms with E-state index in [1.807, 2.05) is 19.2 Å². The van der Waals surface area contributed by atoms with Crippen molar-refractivity contribution >= 4 is 12.3 Å². The summed E-state index contributed by atoms with van der Waals surface area (Å²) >= 11 is 0. The average molecular weight is 128 g/mol. The number of rotatable bonds is 3. The first-order chi connectivity index (χ1) is 4.16. The van der Waals surface area contributed by atoms with Crippen LogP contribution in [0.3, 0.4) is 0 Å². The molecule has 0 aromatic carbocycles. The summed E-state index contributed by atoms with van der Waals surface area (Å²) in [6, 6.07) is 0. The summed E-state index contributed by atoms with van der Waals surface area (Å²) < 4.78 is 0. The first-order valence-corrected chi connectivity index (χ1v) is 2.82. The van der Waals surface area contributed by atoms with Crippen LogP contribution in [0.5, 0.6) is 0 Å². The van der Waals surface area contributed by atoms with Crippen LogP contribution in [0.1, 0.15) is 20.3 Å². The molecule has 3 nitrogen and oxygen atoms in total. The molecular weight excluding hydrogens is 118 g/mol. The van der Waals surface area contributed by atoms with Gasteiger partial charge in [-0.25, -0.2) is 0 Å². The first kappa shape index (κ1) is 8.14. The lowest BCUT2D eigenvalue weighted by Crippen LogP contribution is -2.22. The SMILES string of the molecule is CC(C)CC(=O)N[C]=O. The molecule has 0 bridgehead atoms. The van der Waals surface area contributed by atoms with Gasteiger partial charge in [-0.05, 0) is 5.92 Å². The van der Waals surface area contributed by atoms with Gasteiger partial charge in [0.15, 0.2) is 0 Å². The maximum atomic E-state index is 10.5. The molecule has 0 heterocycles. The minimum Gasteiger partial charge on any atom is -0.288 e. The highest BCUT2D eigenvalue weighted by atomic mass is 16.2. The number of imide groups is 1. The quantitative estimate of drug-likeness (QED) is 0.552. The molecule has 0 unspecified atom stereocenters. The molecule has 0 rings (SSSR count). The molecule has 3 heteroatoms. The Morgan fingerprint density at radius 3 is 2.56 bits per heavy atom. The highest BCUT2D eigenvalue weighted by molar-refractivity contribution is 5.85. The maximum absolute atomic E-state index is 10.5. The lowest BCUT2D eigenvalue weighted by atomic mass is 10.1. The van der Waals surface area contributed by atoms with Crippen LogP contribution in [0, 0.1) is 5.92 Å². The van der Waals surface area contributed by atoms with Crippen LogP contribution in [0.15, 0.2) is 0 Å². The van der Waals surface area contributed by atoms with Crippen molar-refractivity contribution in [1.29, 1.82) is 0 Å². The Morgan fingerprint density at radius 2 is 2.22 bits per heavy atom. The highest BCUT2D eigenvalue weighted by Crippen LogP contribution is 1.96. The largest absolute Gasteiger partial charge is 0.316 e. The molecule has 1 radical (unpaired) electrons. The molecule has 0 aromatic heterocycles. The fraction of sp³-hybridized carbons (Fsp3) is 0.667. The summed E-state index contributed by atoms with van der Waals surface area (Å²) in [6.07, 6.45) is 1.71. The summed E-state index contributed by atoms with van der Waals surface area (Å²) in [6.45, 7) is 3.81. The fourth-order valence-electron chi connectivity index (χ4n) is 0.479. The molecule has 0 saturated heterocycles. The number of carbonyl (C=O) groups is 1. The average Bonchev–Trinajstić information content (AvgIpc) is 1.63. The van der Waals surface area contributed by atoms with Gasteiger partial charge in [0.05, 0.1) is 0 Å². The van der Waals surface area contributed by atoms with E-state index in [0.717, 1.165) is 0 Å². The Morgan fingerprint density at radius 1 is 1.67 bits per heavy atom.